The van der Waals surface area contributed by atoms with Crippen molar-refractivity contribution in [2.75, 3.05) is 14.1 Å². The number of aliphatic hydroxyl groups excluding tert-OH is 2. The maximum absolute atomic E-state index is 13.9. The standard InChI is InChI=1S/C30H32N2O7/c1-14-4-6-15(7-5-14)8-9-16-10-11-20(33)22-18(16)12-17-13-19-24(32(2)3)26(35)23(29(31)38)28(37)30(19,39)27(36)21(17)25(22)34/h4-7,10-11,17,19,24,33-34,37,39H,8-9,12-13H2,1-3H3,(H2,31,38)/t17?,19?,24-,30-/m0/s1. The summed E-state index contributed by atoms with van der Waals surface area (Å²) in [5.41, 5.74) is 5.78. The number of aryl methyl sites for hydroxylation is 3. The third kappa shape index (κ3) is 3.95. The Morgan fingerprint density at radius 2 is 1.72 bits per heavy atom. The lowest BCUT2D eigenvalue weighted by Gasteiger charge is -2.50. The summed E-state index contributed by atoms with van der Waals surface area (Å²) in [6, 6.07) is 10.4. The van der Waals surface area contributed by atoms with Gasteiger partial charge in [0, 0.05) is 11.5 Å². The minimum absolute atomic E-state index is 0.0683. The zero-order valence-corrected chi connectivity index (χ0v) is 22.1. The van der Waals surface area contributed by atoms with Crippen LogP contribution in [0.4, 0.5) is 0 Å². The molecule has 2 unspecified atom stereocenters. The van der Waals surface area contributed by atoms with E-state index in [0.29, 0.717) is 12.0 Å². The van der Waals surface area contributed by atoms with Gasteiger partial charge in [0.05, 0.1) is 11.6 Å². The van der Waals surface area contributed by atoms with Crippen LogP contribution >= 0.6 is 0 Å². The number of aliphatic hydroxyl groups is 3. The van der Waals surface area contributed by atoms with Crippen LogP contribution in [0.3, 0.4) is 0 Å². The number of nitrogens with zero attached hydrogens (tertiary/aromatic N) is 1. The van der Waals surface area contributed by atoms with Crippen LogP contribution in [0.25, 0.3) is 5.76 Å². The Labute approximate surface area is 225 Å². The highest BCUT2D eigenvalue weighted by Crippen LogP contribution is 2.53. The molecule has 5 rings (SSSR count). The molecule has 0 spiro atoms. The fourth-order valence-electron chi connectivity index (χ4n) is 6.58. The van der Waals surface area contributed by atoms with Crippen molar-refractivity contribution >= 4 is 23.2 Å². The first kappa shape index (κ1) is 26.6. The van der Waals surface area contributed by atoms with E-state index in [1.807, 2.05) is 25.1 Å². The first-order valence-electron chi connectivity index (χ1n) is 12.9. The van der Waals surface area contributed by atoms with Crippen molar-refractivity contribution in [3.05, 3.63) is 81.1 Å². The highest BCUT2D eigenvalue weighted by atomic mass is 16.3. The van der Waals surface area contributed by atoms with Crippen LogP contribution in [0.2, 0.25) is 0 Å². The number of phenols is 1. The van der Waals surface area contributed by atoms with Crippen molar-refractivity contribution in [1.82, 2.24) is 4.90 Å². The van der Waals surface area contributed by atoms with E-state index in [-0.39, 0.29) is 29.7 Å². The summed E-state index contributed by atoms with van der Waals surface area (Å²) < 4.78 is 0. The molecule has 0 radical (unpaired) electrons. The topological polar surface area (TPSA) is 161 Å². The van der Waals surface area contributed by atoms with Crippen molar-refractivity contribution in [2.45, 2.75) is 44.2 Å². The predicted octanol–water partition coefficient (Wildman–Crippen LogP) is 2.06. The summed E-state index contributed by atoms with van der Waals surface area (Å²) in [5.74, 6) is -6.48. The number of aromatic hydroxyl groups is 1. The minimum atomic E-state index is -2.64. The first-order valence-corrected chi connectivity index (χ1v) is 12.9. The zero-order chi connectivity index (χ0) is 28.4. The number of rotatable bonds is 5. The molecule has 204 valence electrons. The highest BCUT2D eigenvalue weighted by Gasteiger charge is 2.64. The van der Waals surface area contributed by atoms with E-state index in [1.54, 1.807) is 14.1 Å². The number of hydrogen-bond acceptors (Lipinski definition) is 8. The fourth-order valence-corrected chi connectivity index (χ4v) is 6.58. The van der Waals surface area contributed by atoms with Crippen LogP contribution in [-0.2, 0) is 33.6 Å². The molecule has 0 heterocycles. The van der Waals surface area contributed by atoms with Crippen molar-refractivity contribution in [3.63, 3.8) is 0 Å². The molecule has 1 amide bonds. The second-order valence-corrected chi connectivity index (χ2v) is 11.0. The van der Waals surface area contributed by atoms with E-state index in [1.165, 1.54) is 11.0 Å². The predicted molar refractivity (Wildman–Crippen MR) is 143 cm³/mol. The summed E-state index contributed by atoms with van der Waals surface area (Å²) in [5, 5.41) is 44.7. The molecule has 2 aromatic carbocycles. The molecule has 9 nitrogen and oxygen atoms in total. The smallest absolute Gasteiger partial charge is 0.255 e. The number of benzene rings is 2. The molecule has 6 N–H and O–H groups in total. The van der Waals surface area contributed by atoms with Gasteiger partial charge in [-0.15, -0.1) is 0 Å². The van der Waals surface area contributed by atoms with E-state index in [4.69, 9.17) is 5.73 Å². The average molecular weight is 533 g/mol. The molecule has 9 heteroatoms. The summed E-state index contributed by atoms with van der Waals surface area (Å²) in [7, 11) is 3.16. The Morgan fingerprint density at radius 3 is 2.33 bits per heavy atom. The minimum Gasteiger partial charge on any atom is -0.508 e. The number of nitrogens with two attached hydrogens (primary N) is 1. The lowest BCUT2D eigenvalue weighted by molar-refractivity contribution is -0.153. The van der Waals surface area contributed by atoms with Gasteiger partial charge in [0.25, 0.3) is 5.91 Å². The number of Topliss-reactive ketones (excluding diaryl/α,β-unsaturated/α-hetero) is 2. The molecule has 1 fully saturated rings. The molecular formula is C30H32N2O7. The van der Waals surface area contributed by atoms with Crippen molar-refractivity contribution in [3.8, 4) is 5.75 Å². The van der Waals surface area contributed by atoms with E-state index in [0.717, 1.165) is 23.1 Å². The Kier molecular flexibility index (Phi) is 6.39. The van der Waals surface area contributed by atoms with Crippen molar-refractivity contribution in [2.24, 2.45) is 17.6 Å². The maximum Gasteiger partial charge on any atom is 0.255 e. The number of fused-ring (bicyclic) bond motifs is 3. The second kappa shape index (κ2) is 9.36. The van der Waals surface area contributed by atoms with Gasteiger partial charge in [-0.1, -0.05) is 35.9 Å². The Balaban J connectivity index is 1.61. The highest BCUT2D eigenvalue weighted by molar-refractivity contribution is 6.24. The quantitative estimate of drug-likeness (QED) is 0.366. The van der Waals surface area contributed by atoms with Gasteiger partial charge < -0.3 is 26.2 Å². The molecule has 3 aliphatic rings. The number of carbonyl (C=O) groups is 3. The third-order valence-corrected chi connectivity index (χ3v) is 8.50. The van der Waals surface area contributed by atoms with Crippen LogP contribution < -0.4 is 5.73 Å². The Morgan fingerprint density at radius 1 is 1.05 bits per heavy atom. The molecule has 0 aliphatic heterocycles. The lowest BCUT2D eigenvalue weighted by atomic mass is 9.57. The molecule has 39 heavy (non-hydrogen) atoms. The molecule has 3 aliphatic carbocycles. The van der Waals surface area contributed by atoms with Crippen LogP contribution in [0.15, 0.2) is 53.3 Å². The Bertz CT molecular complexity index is 1470. The molecule has 0 saturated heterocycles. The second-order valence-electron chi connectivity index (χ2n) is 11.0. The Hall–Kier alpha value is -3.95. The summed E-state index contributed by atoms with van der Waals surface area (Å²) >= 11 is 0. The van der Waals surface area contributed by atoms with Crippen molar-refractivity contribution in [1.29, 1.82) is 0 Å². The molecule has 0 bridgehead atoms. The summed E-state index contributed by atoms with van der Waals surface area (Å²) in [4.78, 5) is 40.7. The fraction of sp³-hybridized carbons (Fsp3) is 0.367. The first-order chi connectivity index (χ1) is 18.4. The van der Waals surface area contributed by atoms with Gasteiger partial charge >= 0.3 is 0 Å². The average Bonchev–Trinajstić information content (AvgIpc) is 2.86. The van der Waals surface area contributed by atoms with Crippen LogP contribution in [0.1, 0.15) is 34.2 Å². The number of amides is 1. The van der Waals surface area contributed by atoms with Gasteiger partial charge in [-0.3, -0.25) is 19.3 Å². The summed E-state index contributed by atoms with van der Waals surface area (Å²) in [6.45, 7) is 2.02. The van der Waals surface area contributed by atoms with Crippen molar-refractivity contribution < 1.29 is 34.8 Å². The molecule has 2 aromatic rings. The maximum atomic E-state index is 13.9. The molecular weight excluding hydrogens is 500 g/mol. The number of carbonyl (C=O) groups excluding carboxylic acids is 3. The van der Waals surface area contributed by atoms with E-state index in [9.17, 15) is 34.8 Å². The van der Waals surface area contributed by atoms with E-state index in [2.05, 4.69) is 12.1 Å². The number of primary amides is 1. The lowest BCUT2D eigenvalue weighted by Crippen LogP contribution is -2.65. The van der Waals surface area contributed by atoms with Gasteiger partial charge in [-0.2, -0.15) is 0 Å². The zero-order valence-electron chi connectivity index (χ0n) is 22.1. The molecule has 1 saturated carbocycles. The van der Waals surface area contributed by atoms with Crippen LogP contribution in [0, 0.1) is 18.8 Å². The number of hydrogen-bond donors (Lipinski definition) is 5. The third-order valence-electron chi connectivity index (χ3n) is 8.50. The normalized spacial score (nSPS) is 26.4. The SMILES string of the molecule is Cc1ccc(CCc2ccc(O)c3c2CC2CC4[C@H](N(C)C)C(=O)C(C(N)=O)=C(O)[C@@]4(O)C(=O)C2=C3O)cc1. The van der Waals surface area contributed by atoms with Gasteiger partial charge in [0.1, 0.15) is 22.8 Å². The van der Waals surface area contributed by atoms with Crippen LogP contribution in [0.5, 0.6) is 5.75 Å². The molecule has 0 aromatic heterocycles. The van der Waals surface area contributed by atoms with Gasteiger partial charge in [0.15, 0.2) is 11.4 Å². The van der Waals surface area contributed by atoms with Crippen LogP contribution in [-0.4, -0.2) is 68.5 Å². The van der Waals surface area contributed by atoms with E-state index >= 15 is 0 Å². The number of ketones is 2. The van der Waals surface area contributed by atoms with Gasteiger partial charge in [-0.25, -0.2) is 0 Å². The summed E-state index contributed by atoms with van der Waals surface area (Å²) in [6.07, 6.45) is 1.71. The largest absolute Gasteiger partial charge is 0.508 e. The number of phenolic OH excluding ortho intramolecular Hbond substituents is 1. The monoisotopic (exact) mass is 532 g/mol. The molecule has 4 atom stereocenters. The van der Waals surface area contributed by atoms with Gasteiger partial charge in [-0.05, 0) is 75.4 Å². The number of likely N-dealkylation sites (N-methyl/N-ethyl adjacent to an activating group) is 1. The van der Waals surface area contributed by atoms with E-state index < -0.39 is 58.0 Å². The van der Waals surface area contributed by atoms with Gasteiger partial charge in [0.2, 0.25) is 5.78 Å².